The molecule has 8 heteroatoms. The van der Waals surface area contributed by atoms with Crippen molar-refractivity contribution in [3.05, 3.63) is 18.0 Å². The lowest BCUT2D eigenvalue weighted by molar-refractivity contribution is -0.202. The molecule has 0 saturated carbocycles. The molecule has 0 aliphatic carbocycles. The van der Waals surface area contributed by atoms with Gasteiger partial charge in [-0.2, -0.15) is 18.3 Å². The molecule has 5 nitrogen and oxygen atoms in total. The Morgan fingerprint density at radius 1 is 1.53 bits per heavy atom. The fourth-order valence-electron chi connectivity index (χ4n) is 1.09. The van der Waals surface area contributed by atoms with Crippen LogP contribution in [0.1, 0.15) is 12.1 Å². The van der Waals surface area contributed by atoms with E-state index in [-0.39, 0.29) is 19.0 Å². The minimum Gasteiger partial charge on any atom is -0.452 e. The molecule has 1 atom stereocenters. The van der Waals surface area contributed by atoms with E-state index in [1.54, 1.807) is 6.20 Å². The highest BCUT2D eigenvalue weighted by Crippen LogP contribution is 2.26. The van der Waals surface area contributed by atoms with Crippen LogP contribution in [0, 0.1) is 6.92 Å². The van der Waals surface area contributed by atoms with Crippen LogP contribution >= 0.6 is 0 Å². The van der Waals surface area contributed by atoms with Crippen molar-refractivity contribution in [2.75, 3.05) is 6.54 Å². The van der Waals surface area contributed by atoms with Gasteiger partial charge in [-0.3, -0.25) is 5.10 Å². The second kappa shape index (κ2) is 5.55. The molecule has 96 valence electrons. The molecule has 0 spiro atoms. The van der Waals surface area contributed by atoms with Crippen molar-refractivity contribution < 1.29 is 17.9 Å². The van der Waals surface area contributed by atoms with Crippen LogP contribution in [0.4, 0.5) is 13.2 Å². The molecule has 0 bridgehead atoms. The average Bonchev–Trinajstić information content (AvgIpc) is 2.69. The van der Waals surface area contributed by atoms with Gasteiger partial charge < -0.3 is 10.5 Å². The zero-order valence-electron chi connectivity index (χ0n) is 9.16. The maximum absolute atomic E-state index is 11.9. The Labute approximate surface area is 95.9 Å². The Morgan fingerprint density at radius 2 is 2.24 bits per heavy atom. The Kier molecular flexibility index (Phi) is 4.36. The predicted octanol–water partition coefficient (Wildman–Crippen LogP) is 1.37. The Balaban J connectivity index is 0.000000202. The zero-order chi connectivity index (χ0) is 12.9. The first-order valence-electron chi connectivity index (χ1n) is 4.89. The summed E-state index contributed by atoms with van der Waals surface area (Å²) in [7, 11) is 0. The van der Waals surface area contributed by atoms with Gasteiger partial charge in [0.15, 0.2) is 6.10 Å². The van der Waals surface area contributed by atoms with E-state index in [2.05, 4.69) is 19.9 Å². The fourth-order valence-corrected chi connectivity index (χ4v) is 1.09. The number of nitrogens with zero attached hydrogens (tertiary/aromatic N) is 2. The summed E-state index contributed by atoms with van der Waals surface area (Å²) in [4.78, 5) is 3.47. The van der Waals surface area contributed by atoms with Crippen LogP contribution in [-0.2, 0) is 4.74 Å². The Morgan fingerprint density at radius 3 is 2.53 bits per heavy atom. The summed E-state index contributed by atoms with van der Waals surface area (Å²) >= 11 is 0. The third-order valence-corrected chi connectivity index (χ3v) is 1.93. The van der Waals surface area contributed by atoms with Gasteiger partial charge in [0.2, 0.25) is 0 Å². The average molecular weight is 250 g/mol. The van der Waals surface area contributed by atoms with E-state index in [1.807, 2.05) is 13.0 Å². The number of hydrogen-bond acceptors (Lipinski definition) is 4. The van der Waals surface area contributed by atoms with Crippen molar-refractivity contribution in [2.45, 2.75) is 25.6 Å². The molecule has 17 heavy (non-hydrogen) atoms. The summed E-state index contributed by atoms with van der Waals surface area (Å²) in [5.41, 5.74) is 6.06. The van der Waals surface area contributed by atoms with E-state index in [9.17, 15) is 13.2 Å². The molecule has 0 radical (unpaired) electrons. The van der Waals surface area contributed by atoms with E-state index in [0.29, 0.717) is 0 Å². The van der Waals surface area contributed by atoms with Crippen molar-refractivity contribution in [1.29, 1.82) is 0 Å². The van der Waals surface area contributed by atoms with Gasteiger partial charge in [0.1, 0.15) is 0 Å². The number of rotatable bonds is 0. The van der Waals surface area contributed by atoms with Crippen LogP contribution in [-0.4, -0.2) is 35.0 Å². The number of aryl methyl sites for hydroxylation is 1. The summed E-state index contributed by atoms with van der Waals surface area (Å²) in [5.74, 6) is 0. The number of aromatic nitrogens is 2. The summed E-state index contributed by atoms with van der Waals surface area (Å²) in [6.07, 6.45) is -4.53. The highest BCUT2D eigenvalue weighted by Gasteiger charge is 2.42. The van der Waals surface area contributed by atoms with Crippen molar-refractivity contribution >= 4 is 6.02 Å². The number of halogens is 3. The largest absolute Gasteiger partial charge is 0.452 e. The van der Waals surface area contributed by atoms with Crippen LogP contribution < -0.4 is 5.73 Å². The van der Waals surface area contributed by atoms with E-state index >= 15 is 0 Å². The van der Waals surface area contributed by atoms with Gasteiger partial charge in [0, 0.05) is 24.9 Å². The lowest BCUT2D eigenvalue weighted by Crippen LogP contribution is -2.39. The first kappa shape index (κ1) is 13.3. The van der Waals surface area contributed by atoms with Gasteiger partial charge in [-0.15, -0.1) is 0 Å². The van der Waals surface area contributed by atoms with Gasteiger partial charge in [-0.05, 0) is 13.0 Å². The minimum absolute atomic E-state index is 0.0794. The molecule has 2 heterocycles. The molecule has 0 amide bonds. The highest BCUT2D eigenvalue weighted by molar-refractivity contribution is 5.72. The lowest BCUT2D eigenvalue weighted by Gasteiger charge is -2.23. The van der Waals surface area contributed by atoms with Gasteiger partial charge in [0.05, 0.1) is 0 Å². The minimum atomic E-state index is -4.33. The molecule has 1 aromatic rings. The second-order valence-corrected chi connectivity index (χ2v) is 3.40. The Bertz CT molecular complexity index is 361. The summed E-state index contributed by atoms with van der Waals surface area (Å²) in [6.45, 7) is 2.04. The number of alkyl halides is 3. The quantitative estimate of drug-likeness (QED) is 0.730. The molecule has 0 saturated heterocycles. The zero-order valence-corrected chi connectivity index (χ0v) is 9.16. The molecule has 1 aromatic heterocycles. The SMILES string of the molecule is Cc1ccn[nH]1.NC1=NCCC(C(F)(F)F)O1. The first-order chi connectivity index (χ1) is 7.89. The van der Waals surface area contributed by atoms with Crippen LogP contribution in [0.2, 0.25) is 0 Å². The van der Waals surface area contributed by atoms with Gasteiger partial charge >= 0.3 is 6.18 Å². The molecule has 0 fully saturated rings. The van der Waals surface area contributed by atoms with Crippen molar-refractivity contribution in [2.24, 2.45) is 10.7 Å². The topological polar surface area (TPSA) is 76.3 Å². The molecule has 1 unspecified atom stereocenters. The lowest BCUT2D eigenvalue weighted by atomic mass is 10.2. The van der Waals surface area contributed by atoms with Crippen molar-refractivity contribution in [1.82, 2.24) is 10.2 Å². The number of hydrogen-bond donors (Lipinski definition) is 2. The summed E-state index contributed by atoms with van der Waals surface area (Å²) in [6, 6.07) is 1.54. The third kappa shape index (κ3) is 4.75. The van der Waals surface area contributed by atoms with Crippen LogP contribution in [0.25, 0.3) is 0 Å². The van der Waals surface area contributed by atoms with Crippen LogP contribution in [0.15, 0.2) is 17.3 Å². The van der Waals surface area contributed by atoms with E-state index in [1.165, 1.54) is 0 Å². The number of nitrogens with two attached hydrogens (primary N) is 1. The number of aliphatic imine (C=N–C) groups is 1. The molecule has 3 N–H and O–H groups in total. The normalized spacial score (nSPS) is 19.8. The molecular formula is C9H13F3N4O. The monoisotopic (exact) mass is 250 g/mol. The molecule has 1 aliphatic rings. The number of ether oxygens (including phenoxy) is 1. The van der Waals surface area contributed by atoms with Gasteiger partial charge in [-0.25, -0.2) is 4.99 Å². The summed E-state index contributed by atoms with van der Waals surface area (Å²) < 4.78 is 39.9. The van der Waals surface area contributed by atoms with Crippen LogP contribution in [0.5, 0.6) is 0 Å². The number of H-pyrrole nitrogens is 1. The Hall–Kier alpha value is -1.73. The van der Waals surface area contributed by atoms with Gasteiger partial charge in [0.25, 0.3) is 6.02 Å². The molecule has 2 rings (SSSR count). The maximum atomic E-state index is 11.9. The smallest absolute Gasteiger partial charge is 0.425 e. The standard InChI is InChI=1S/C5H7F3N2O.C4H6N2/c6-5(7,8)3-1-2-10-4(9)11-3;1-4-2-3-5-6-4/h3H,1-2H2,(H2,9,10);2-3H,1H3,(H,5,6). The second-order valence-electron chi connectivity index (χ2n) is 3.40. The highest BCUT2D eigenvalue weighted by atomic mass is 19.4. The predicted molar refractivity (Wildman–Crippen MR) is 55.4 cm³/mol. The van der Waals surface area contributed by atoms with Gasteiger partial charge in [-0.1, -0.05) is 0 Å². The molecule has 0 aromatic carbocycles. The summed E-state index contributed by atoms with van der Waals surface area (Å²) in [5, 5.41) is 6.45. The van der Waals surface area contributed by atoms with E-state index in [4.69, 9.17) is 5.73 Å². The fraction of sp³-hybridized carbons (Fsp3) is 0.556. The maximum Gasteiger partial charge on any atom is 0.425 e. The molecular weight excluding hydrogens is 237 g/mol. The van der Waals surface area contributed by atoms with E-state index < -0.39 is 12.3 Å². The van der Waals surface area contributed by atoms with Crippen LogP contribution in [0.3, 0.4) is 0 Å². The molecule has 1 aliphatic heterocycles. The first-order valence-corrected chi connectivity index (χ1v) is 4.89. The number of aromatic amines is 1. The number of nitrogens with one attached hydrogen (secondary N) is 1. The van der Waals surface area contributed by atoms with E-state index in [0.717, 1.165) is 5.69 Å². The third-order valence-electron chi connectivity index (χ3n) is 1.93. The van der Waals surface area contributed by atoms with Crippen molar-refractivity contribution in [3.63, 3.8) is 0 Å². The number of amidine groups is 1. The van der Waals surface area contributed by atoms with Crippen molar-refractivity contribution in [3.8, 4) is 0 Å².